The monoisotopic (exact) mass is 1450 g/mol. The Bertz CT molecular complexity index is 7820. The quantitative estimate of drug-likeness (QED) is 0.131. The number of fused-ring (bicyclic) bond motifs is 19. The van der Waals surface area contributed by atoms with Gasteiger partial charge in [0.15, 0.2) is 0 Å². The van der Waals surface area contributed by atoms with Gasteiger partial charge in [0.2, 0.25) is 0 Å². The van der Waals surface area contributed by atoms with E-state index in [9.17, 15) is 0 Å². The molecule has 6 heteroatoms. The van der Waals surface area contributed by atoms with Crippen LogP contribution in [0, 0.1) is 0 Å². The van der Waals surface area contributed by atoms with Crippen LogP contribution in [-0.2, 0) is 0 Å². The molecule has 0 amide bonds. The van der Waals surface area contributed by atoms with Crippen molar-refractivity contribution in [3.05, 3.63) is 425 Å². The topological polar surface area (TPSA) is 29.6 Å². The highest BCUT2D eigenvalue weighted by Crippen LogP contribution is 2.47. The van der Waals surface area contributed by atoms with E-state index in [1.54, 1.807) is 0 Å². The maximum absolute atomic E-state index is 2.43. The summed E-state index contributed by atoms with van der Waals surface area (Å²) in [5.41, 5.74) is 31.1. The molecule has 0 unspecified atom stereocenters. The van der Waals surface area contributed by atoms with Gasteiger partial charge in [0.25, 0.3) is 0 Å². The Hall–Kier alpha value is -15.2. The molecule has 18 aromatic carbocycles. The Morgan fingerprint density at radius 3 is 0.667 bits per heavy atom. The van der Waals surface area contributed by atoms with Crippen LogP contribution >= 0.6 is 0 Å². The van der Waals surface area contributed by atoms with E-state index in [1.165, 1.54) is 175 Å². The summed E-state index contributed by atoms with van der Waals surface area (Å²) in [6.45, 7) is 0. The zero-order valence-corrected chi connectivity index (χ0v) is 62.1. The van der Waals surface area contributed by atoms with E-state index in [4.69, 9.17) is 0 Å². The molecule has 6 heterocycles. The fourth-order valence-corrected chi connectivity index (χ4v) is 18.6. The van der Waals surface area contributed by atoms with E-state index < -0.39 is 0 Å². The Labute approximate surface area is 657 Å². The second-order valence-electron chi connectivity index (χ2n) is 29.9. The number of rotatable bonds is 10. The fraction of sp³-hybridized carbons (Fsp3) is 0. The third kappa shape index (κ3) is 10.3. The predicted octanol–water partition coefficient (Wildman–Crippen LogP) is 28.6. The Morgan fingerprint density at radius 2 is 0.307 bits per heavy atom. The summed E-state index contributed by atoms with van der Waals surface area (Å²) < 4.78 is 14.5. The van der Waals surface area contributed by atoms with Crippen LogP contribution in [0.25, 0.3) is 209 Å². The average Bonchev–Trinajstić information content (AvgIpc) is 1.48. The molecule has 0 saturated heterocycles. The summed E-state index contributed by atoms with van der Waals surface area (Å²) in [5, 5.41) is 15.0. The predicted molar refractivity (Wildman–Crippen MR) is 481 cm³/mol. The third-order valence-electron chi connectivity index (χ3n) is 23.7. The molecule has 0 radical (unpaired) electrons. The molecule has 532 valence electrons. The van der Waals surface area contributed by atoms with Crippen LogP contribution in [0.4, 0.5) is 0 Å². The molecule has 0 N–H and O–H groups in total. The van der Waals surface area contributed by atoms with E-state index in [1.807, 2.05) is 0 Å². The van der Waals surface area contributed by atoms with Gasteiger partial charge in [-0.1, -0.05) is 255 Å². The first-order valence-corrected chi connectivity index (χ1v) is 39.2. The molecule has 0 fully saturated rings. The molecule has 6 aromatic heterocycles. The number of aromatic nitrogens is 6. The van der Waals surface area contributed by atoms with Crippen molar-refractivity contribution in [1.29, 1.82) is 0 Å². The smallest absolute Gasteiger partial charge is 0.0548 e. The standard InChI is InChI=1S/2C54H35N3/c1-4-14-36(15-5-1)37-24-28-42(29-25-37)55-49-22-12-10-20-43(49)45-32-38(26-30-51(45)55)39-27-31-52-46(33-39)48-35-53-47(34-54(48)57(52)41-18-8-3-9-19-41)44-21-11-13-23-50(44)56(53)40-16-6-2-7-17-40;1-4-14-36(15-5-1)37-24-28-42(29-25-37)55-47-22-12-10-20-43(47)45-34-38(26-30-49(45)55)39-27-31-50-46(35-39)54-52(57(50)41-18-8-3-9-19-41)33-32-51-53(54)44-21-11-13-23-48(44)56(51)40-16-6-2-7-17-40/h2*1-35H. The summed E-state index contributed by atoms with van der Waals surface area (Å²) >= 11 is 0. The molecule has 0 bridgehead atoms. The van der Waals surface area contributed by atoms with Crippen LogP contribution in [0.2, 0.25) is 0 Å². The number of hydrogen-bond donors (Lipinski definition) is 0. The van der Waals surface area contributed by atoms with Crippen molar-refractivity contribution in [3.63, 3.8) is 0 Å². The fourth-order valence-electron chi connectivity index (χ4n) is 18.6. The van der Waals surface area contributed by atoms with Gasteiger partial charge in [0, 0.05) is 98.8 Å². The Balaban J connectivity index is 0.000000135. The van der Waals surface area contributed by atoms with Gasteiger partial charge in [-0.25, -0.2) is 0 Å². The van der Waals surface area contributed by atoms with E-state index in [0.717, 1.165) is 34.1 Å². The van der Waals surface area contributed by atoms with Gasteiger partial charge in [-0.15, -0.1) is 0 Å². The summed E-state index contributed by atoms with van der Waals surface area (Å²) in [5.74, 6) is 0. The number of para-hydroxylation sites is 8. The van der Waals surface area contributed by atoms with Gasteiger partial charge in [0.1, 0.15) is 0 Å². The molecular weight excluding hydrogens is 1380 g/mol. The SMILES string of the molecule is c1ccc(-c2ccc(-n3c4ccccc4c4cc(-c5ccc6c(c5)c5c7c8ccccc8n(-c8ccccc8)c7ccc5n6-c5ccccc5)ccc43)cc2)cc1.c1ccc(-c2ccc(-n3c4ccccc4c4cc(-c5ccc6c(c5)c5cc7c(cc5n6-c5ccccc5)c5ccccc5n7-c5ccccc5)ccc43)cc2)cc1. The Kier molecular flexibility index (Phi) is 14.9. The minimum Gasteiger partial charge on any atom is -0.309 e. The molecule has 24 aromatic rings. The van der Waals surface area contributed by atoms with Crippen molar-refractivity contribution >= 4 is 131 Å². The van der Waals surface area contributed by atoms with Gasteiger partial charge in [-0.05, 0) is 214 Å². The lowest BCUT2D eigenvalue weighted by Gasteiger charge is -2.10. The zero-order valence-electron chi connectivity index (χ0n) is 62.1. The highest BCUT2D eigenvalue weighted by molar-refractivity contribution is 6.29. The first-order chi connectivity index (χ1) is 56.6. The van der Waals surface area contributed by atoms with Gasteiger partial charge >= 0.3 is 0 Å². The lowest BCUT2D eigenvalue weighted by Crippen LogP contribution is -1.94. The van der Waals surface area contributed by atoms with E-state index >= 15 is 0 Å². The van der Waals surface area contributed by atoms with Crippen molar-refractivity contribution in [2.75, 3.05) is 0 Å². The van der Waals surface area contributed by atoms with Gasteiger partial charge in [0.05, 0.1) is 66.2 Å². The maximum Gasteiger partial charge on any atom is 0.0548 e. The minimum absolute atomic E-state index is 1.16. The van der Waals surface area contributed by atoms with E-state index in [0.29, 0.717) is 0 Å². The normalized spacial score (nSPS) is 11.9. The largest absolute Gasteiger partial charge is 0.309 e. The molecule has 24 rings (SSSR count). The first-order valence-electron chi connectivity index (χ1n) is 39.2. The molecule has 0 saturated carbocycles. The second-order valence-corrected chi connectivity index (χ2v) is 29.9. The first kappa shape index (κ1) is 64.7. The zero-order chi connectivity index (χ0) is 74.9. The van der Waals surface area contributed by atoms with E-state index in [-0.39, 0.29) is 0 Å². The van der Waals surface area contributed by atoms with Crippen molar-refractivity contribution in [2.24, 2.45) is 0 Å². The molecule has 114 heavy (non-hydrogen) atoms. The summed E-state index contributed by atoms with van der Waals surface area (Å²) in [7, 11) is 0. The minimum atomic E-state index is 1.16. The highest BCUT2D eigenvalue weighted by atomic mass is 15.0. The van der Waals surface area contributed by atoms with Crippen LogP contribution in [0.5, 0.6) is 0 Å². The molecule has 0 aliphatic carbocycles. The summed E-state index contributed by atoms with van der Waals surface area (Å²) in [6, 6.07) is 155. The summed E-state index contributed by atoms with van der Waals surface area (Å²) in [4.78, 5) is 0. The molecule has 0 atom stereocenters. The van der Waals surface area contributed by atoms with Crippen molar-refractivity contribution in [3.8, 4) is 78.6 Å². The second kappa shape index (κ2) is 26.2. The Morgan fingerprint density at radius 1 is 0.105 bits per heavy atom. The summed E-state index contributed by atoms with van der Waals surface area (Å²) in [6.07, 6.45) is 0. The number of nitrogens with zero attached hydrogens (tertiary/aromatic N) is 6. The lowest BCUT2D eigenvalue weighted by molar-refractivity contribution is 1.17. The van der Waals surface area contributed by atoms with Crippen molar-refractivity contribution in [2.45, 2.75) is 0 Å². The van der Waals surface area contributed by atoms with E-state index in [2.05, 4.69) is 452 Å². The number of benzene rings is 18. The van der Waals surface area contributed by atoms with Crippen molar-refractivity contribution < 1.29 is 0 Å². The lowest BCUT2D eigenvalue weighted by atomic mass is 9.99. The number of hydrogen-bond acceptors (Lipinski definition) is 0. The van der Waals surface area contributed by atoms with Crippen LogP contribution in [0.1, 0.15) is 0 Å². The molecule has 6 nitrogen and oxygen atoms in total. The molecule has 0 aliphatic rings. The van der Waals surface area contributed by atoms with Crippen LogP contribution in [0.3, 0.4) is 0 Å². The van der Waals surface area contributed by atoms with Gasteiger partial charge in [-0.2, -0.15) is 0 Å². The van der Waals surface area contributed by atoms with Crippen molar-refractivity contribution in [1.82, 2.24) is 27.4 Å². The van der Waals surface area contributed by atoms with Crippen LogP contribution < -0.4 is 0 Å². The maximum atomic E-state index is 2.43. The highest BCUT2D eigenvalue weighted by Gasteiger charge is 2.25. The van der Waals surface area contributed by atoms with Crippen LogP contribution in [0.15, 0.2) is 425 Å². The van der Waals surface area contributed by atoms with Gasteiger partial charge in [-0.3, -0.25) is 0 Å². The molecule has 0 aliphatic heterocycles. The third-order valence-corrected chi connectivity index (χ3v) is 23.7. The van der Waals surface area contributed by atoms with Crippen LogP contribution in [-0.4, -0.2) is 27.4 Å². The van der Waals surface area contributed by atoms with Gasteiger partial charge < -0.3 is 27.4 Å². The molecule has 0 spiro atoms. The molecular formula is C108H70N6. The average molecular weight is 1450 g/mol.